The van der Waals surface area contributed by atoms with Crippen LogP contribution in [0.2, 0.25) is 0 Å². The Labute approximate surface area is 122 Å². The van der Waals surface area contributed by atoms with E-state index in [1.807, 2.05) is 53.9 Å². The van der Waals surface area contributed by atoms with Gasteiger partial charge in [-0.05, 0) is 10.8 Å². The predicted molar refractivity (Wildman–Crippen MR) is 86.4 cm³/mol. The van der Waals surface area contributed by atoms with E-state index in [2.05, 4.69) is 19.1 Å². The smallest absolute Gasteiger partial charge is 0.177 e. The van der Waals surface area contributed by atoms with Gasteiger partial charge >= 0.3 is 0 Å². The third-order valence-electron chi connectivity index (χ3n) is 3.50. The van der Waals surface area contributed by atoms with Gasteiger partial charge in [0.2, 0.25) is 0 Å². The third kappa shape index (κ3) is 2.54. The fourth-order valence-corrected chi connectivity index (χ4v) is 5.23. The van der Waals surface area contributed by atoms with Crippen LogP contribution in [0.1, 0.15) is 17.3 Å². The highest BCUT2D eigenvalue weighted by molar-refractivity contribution is 8.07. The van der Waals surface area contributed by atoms with Crippen molar-refractivity contribution in [3.05, 3.63) is 48.0 Å². The first-order valence-corrected chi connectivity index (χ1v) is 8.62. The zero-order valence-electron chi connectivity index (χ0n) is 10.8. The summed E-state index contributed by atoms with van der Waals surface area (Å²) in [5.41, 5.74) is 0.880. The Morgan fingerprint density at radius 1 is 1.05 bits per heavy atom. The molecule has 2 unspecified atom stereocenters. The minimum Gasteiger partial charge on any atom is -0.293 e. The van der Waals surface area contributed by atoms with Crippen molar-refractivity contribution in [3.8, 4) is 0 Å². The molecular weight excluding hydrogens is 272 g/mol. The summed E-state index contributed by atoms with van der Waals surface area (Å²) >= 11 is 3.73. The van der Waals surface area contributed by atoms with Crippen molar-refractivity contribution in [1.82, 2.24) is 0 Å². The second-order valence-corrected chi connectivity index (χ2v) is 7.49. The number of benzene rings is 2. The molecule has 2 aromatic carbocycles. The highest BCUT2D eigenvalue weighted by Gasteiger charge is 2.30. The maximum absolute atomic E-state index is 12.8. The Morgan fingerprint density at radius 3 is 2.63 bits per heavy atom. The molecule has 0 N–H and O–H groups in total. The first kappa shape index (κ1) is 13.1. The van der Waals surface area contributed by atoms with Gasteiger partial charge in [0.1, 0.15) is 0 Å². The van der Waals surface area contributed by atoms with E-state index in [-0.39, 0.29) is 5.25 Å². The van der Waals surface area contributed by atoms with Gasteiger partial charge in [-0.25, -0.2) is 0 Å². The minimum absolute atomic E-state index is 0.101. The molecule has 1 aliphatic rings. The van der Waals surface area contributed by atoms with Crippen molar-refractivity contribution in [2.45, 2.75) is 17.4 Å². The molecule has 3 rings (SSSR count). The van der Waals surface area contributed by atoms with E-state index in [0.717, 1.165) is 27.8 Å². The lowest BCUT2D eigenvalue weighted by Crippen LogP contribution is -2.31. The molecule has 0 bridgehead atoms. The van der Waals surface area contributed by atoms with Crippen LogP contribution in [0, 0.1) is 0 Å². The molecular formula is C16H16OS2. The van der Waals surface area contributed by atoms with Crippen LogP contribution >= 0.6 is 23.5 Å². The van der Waals surface area contributed by atoms with Crippen LogP contribution < -0.4 is 0 Å². The molecule has 98 valence electrons. The Kier molecular flexibility index (Phi) is 3.85. The summed E-state index contributed by atoms with van der Waals surface area (Å²) in [4.78, 5) is 12.8. The van der Waals surface area contributed by atoms with Gasteiger partial charge in [-0.15, -0.1) is 11.8 Å². The molecule has 0 spiro atoms. The Balaban J connectivity index is 2.01. The van der Waals surface area contributed by atoms with Crippen molar-refractivity contribution in [2.75, 3.05) is 11.5 Å². The first-order chi connectivity index (χ1) is 9.27. The van der Waals surface area contributed by atoms with Crippen LogP contribution in [0.15, 0.2) is 42.5 Å². The fourth-order valence-electron chi connectivity index (χ4n) is 2.51. The van der Waals surface area contributed by atoms with Crippen LogP contribution in [0.4, 0.5) is 0 Å². The number of Topliss-reactive ketones (excluding diaryl/α,β-unsaturated/α-hetero) is 1. The molecule has 0 radical (unpaired) electrons. The molecule has 2 atom stereocenters. The number of ketones is 1. The van der Waals surface area contributed by atoms with Gasteiger partial charge in [-0.3, -0.25) is 4.79 Å². The normalized spacial score (nSPS) is 23.4. The minimum atomic E-state index is 0.101. The van der Waals surface area contributed by atoms with Gasteiger partial charge in [0, 0.05) is 22.3 Å². The Morgan fingerprint density at radius 2 is 1.79 bits per heavy atom. The van der Waals surface area contributed by atoms with Crippen molar-refractivity contribution >= 4 is 40.1 Å². The van der Waals surface area contributed by atoms with Crippen LogP contribution in [0.5, 0.6) is 0 Å². The van der Waals surface area contributed by atoms with Gasteiger partial charge in [0.15, 0.2) is 5.78 Å². The highest BCUT2D eigenvalue weighted by Crippen LogP contribution is 2.34. The van der Waals surface area contributed by atoms with Crippen molar-refractivity contribution in [1.29, 1.82) is 0 Å². The molecule has 0 aliphatic carbocycles. The molecule has 0 aromatic heterocycles. The fraction of sp³-hybridized carbons (Fsp3) is 0.312. The van der Waals surface area contributed by atoms with Gasteiger partial charge in [-0.1, -0.05) is 49.4 Å². The van der Waals surface area contributed by atoms with E-state index in [1.54, 1.807) is 0 Å². The van der Waals surface area contributed by atoms with Gasteiger partial charge in [0.05, 0.1) is 5.25 Å². The molecule has 1 aliphatic heterocycles. The Hall–Kier alpha value is -0.930. The maximum Gasteiger partial charge on any atom is 0.177 e. The molecule has 1 fully saturated rings. The average Bonchev–Trinajstić information content (AvgIpc) is 2.46. The number of hydrogen-bond donors (Lipinski definition) is 0. The van der Waals surface area contributed by atoms with E-state index >= 15 is 0 Å². The molecule has 0 saturated carbocycles. The molecule has 2 aromatic rings. The van der Waals surface area contributed by atoms with E-state index in [4.69, 9.17) is 0 Å². The summed E-state index contributed by atoms with van der Waals surface area (Å²) in [5, 5.41) is 2.74. The average molecular weight is 288 g/mol. The lowest BCUT2D eigenvalue weighted by Gasteiger charge is -2.27. The van der Waals surface area contributed by atoms with Crippen LogP contribution in [0.25, 0.3) is 10.8 Å². The highest BCUT2D eigenvalue weighted by atomic mass is 32.2. The summed E-state index contributed by atoms with van der Waals surface area (Å²) in [7, 11) is 0. The zero-order valence-corrected chi connectivity index (χ0v) is 12.5. The SMILES string of the molecule is CC1SCCSC1C(=O)c1cccc2ccccc12. The van der Waals surface area contributed by atoms with Gasteiger partial charge in [-0.2, -0.15) is 11.8 Å². The second-order valence-electron chi connectivity index (χ2n) is 4.76. The molecule has 0 amide bonds. The first-order valence-electron chi connectivity index (χ1n) is 6.52. The summed E-state index contributed by atoms with van der Waals surface area (Å²) in [6, 6.07) is 14.2. The van der Waals surface area contributed by atoms with Crippen LogP contribution in [-0.4, -0.2) is 27.8 Å². The summed E-state index contributed by atoms with van der Waals surface area (Å²) in [6.45, 7) is 2.17. The topological polar surface area (TPSA) is 17.1 Å². The number of thioether (sulfide) groups is 2. The number of rotatable bonds is 2. The zero-order chi connectivity index (χ0) is 13.2. The van der Waals surface area contributed by atoms with Crippen molar-refractivity contribution in [3.63, 3.8) is 0 Å². The van der Waals surface area contributed by atoms with E-state index in [9.17, 15) is 4.79 Å². The third-order valence-corrected chi connectivity index (χ3v) is 6.59. The molecule has 1 nitrogen and oxygen atoms in total. The number of hydrogen-bond acceptors (Lipinski definition) is 3. The van der Waals surface area contributed by atoms with Gasteiger partial charge in [0.25, 0.3) is 0 Å². The number of carbonyl (C=O) groups is 1. The summed E-state index contributed by atoms with van der Waals surface area (Å²) < 4.78 is 0. The van der Waals surface area contributed by atoms with E-state index in [1.165, 1.54) is 0 Å². The van der Waals surface area contributed by atoms with Gasteiger partial charge < -0.3 is 0 Å². The van der Waals surface area contributed by atoms with E-state index in [0.29, 0.717) is 11.0 Å². The number of carbonyl (C=O) groups excluding carboxylic acids is 1. The van der Waals surface area contributed by atoms with Crippen LogP contribution in [-0.2, 0) is 0 Å². The lowest BCUT2D eigenvalue weighted by atomic mass is 9.99. The predicted octanol–water partition coefficient (Wildman–Crippen LogP) is 4.26. The van der Waals surface area contributed by atoms with Crippen molar-refractivity contribution < 1.29 is 4.79 Å². The number of fused-ring (bicyclic) bond motifs is 1. The summed E-state index contributed by atoms with van der Waals surface area (Å²) in [6.07, 6.45) is 0. The molecule has 3 heteroatoms. The molecule has 1 saturated heterocycles. The molecule has 1 heterocycles. The largest absolute Gasteiger partial charge is 0.293 e. The monoisotopic (exact) mass is 288 g/mol. The van der Waals surface area contributed by atoms with Crippen LogP contribution in [0.3, 0.4) is 0 Å². The molecule has 19 heavy (non-hydrogen) atoms. The maximum atomic E-state index is 12.8. The lowest BCUT2D eigenvalue weighted by molar-refractivity contribution is 0.0991. The second kappa shape index (κ2) is 5.59. The standard InChI is InChI=1S/C16H16OS2/c1-11-16(19-10-9-18-11)15(17)14-8-4-6-12-5-2-3-7-13(12)14/h2-8,11,16H,9-10H2,1H3. The summed E-state index contributed by atoms with van der Waals surface area (Å²) in [5.74, 6) is 2.53. The van der Waals surface area contributed by atoms with E-state index < -0.39 is 0 Å². The van der Waals surface area contributed by atoms with Crippen molar-refractivity contribution in [2.24, 2.45) is 0 Å². The Bertz CT molecular complexity index is 603. The quantitative estimate of drug-likeness (QED) is 0.769.